The summed E-state index contributed by atoms with van der Waals surface area (Å²) in [5.74, 6) is 0.842. The van der Waals surface area contributed by atoms with Gasteiger partial charge in [-0.3, -0.25) is 4.90 Å². The van der Waals surface area contributed by atoms with Crippen LogP contribution in [-0.4, -0.2) is 23.5 Å². The molecule has 0 radical (unpaired) electrons. The summed E-state index contributed by atoms with van der Waals surface area (Å²) in [6.45, 7) is 4.38. The number of piperidine rings is 1. The molecule has 16 heavy (non-hydrogen) atoms. The number of benzene rings is 1. The van der Waals surface area contributed by atoms with Crippen LogP contribution in [0.5, 0.6) is 0 Å². The minimum Gasteiger partial charge on any atom is -0.288 e. The summed E-state index contributed by atoms with van der Waals surface area (Å²) in [5, 5.41) is 0. The lowest BCUT2D eigenvalue weighted by Crippen LogP contribution is -2.37. The standard InChI is InChI=1S/C14H20ClN/c1-12(15)16-9-7-14(8-10-16)11-13-5-3-2-4-6-13/h2-6,12,14H,7-11H2,1H3. The summed E-state index contributed by atoms with van der Waals surface area (Å²) in [5.41, 5.74) is 1.66. The Morgan fingerprint density at radius 2 is 1.88 bits per heavy atom. The first kappa shape index (κ1) is 11.9. The van der Waals surface area contributed by atoms with Gasteiger partial charge >= 0.3 is 0 Å². The van der Waals surface area contributed by atoms with E-state index in [0.29, 0.717) is 0 Å². The molecule has 1 nitrogen and oxygen atoms in total. The zero-order valence-electron chi connectivity index (χ0n) is 9.90. The van der Waals surface area contributed by atoms with E-state index in [4.69, 9.17) is 11.6 Å². The number of hydrogen-bond acceptors (Lipinski definition) is 1. The predicted octanol–water partition coefficient (Wildman–Crippen LogP) is 3.53. The van der Waals surface area contributed by atoms with Gasteiger partial charge in [0.1, 0.15) is 0 Å². The lowest BCUT2D eigenvalue weighted by Gasteiger charge is -2.33. The van der Waals surface area contributed by atoms with Crippen molar-refractivity contribution >= 4 is 11.6 Å². The van der Waals surface area contributed by atoms with Crippen LogP contribution in [0.3, 0.4) is 0 Å². The Morgan fingerprint density at radius 3 is 2.44 bits per heavy atom. The Morgan fingerprint density at radius 1 is 1.25 bits per heavy atom. The first-order valence-corrected chi connectivity index (χ1v) is 6.61. The normalized spacial score (nSPS) is 20.9. The van der Waals surface area contributed by atoms with Gasteiger partial charge in [0.2, 0.25) is 0 Å². The Labute approximate surface area is 103 Å². The molecule has 1 aromatic rings. The molecule has 1 heterocycles. The summed E-state index contributed by atoms with van der Waals surface area (Å²) in [7, 11) is 0. The van der Waals surface area contributed by atoms with E-state index in [1.165, 1.54) is 24.8 Å². The SMILES string of the molecule is CC(Cl)N1CCC(Cc2ccccc2)CC1. The minimum absolute atomic E-state index is 0.192. The first-order valence-electron chi connectivity index (χ1n) is 6.18. The third kappa shape index (κ3) is 3.23. The number of hydrogen-bond donors (Lipinski definition) is 0. The number of alkyl halides is 1. The average Bonchev–Trinajstić information content (AvgIpc) is 2.31. The Hall–Kier alpha value is -0.530. The number of nitrogens with zero attached hydrogens (tertiary/aromatic N) is 1. The zero-order chi connectivity index (χ0) is 11.4. The van der Waals surface area contributed by atoms with Gasteiger partial charge in [0.15, 0.2) is 0 Å². The minimum atomic E-state index is 0.192. The smallest absolute Gasteiger partial charge is 0.0821 e. The van der Waals surface area contributed by atoms with Crippen LogP contribution in [0.2, 0.25) is 0 Å². The van der Waals surface area contributed by atoms with E-state index in [0.717, 1.165) is 19.0 Å². The molecular formula is C14H20ClN. The maximum Gasteiger partial charge on any atom is 0.0821 e. The topological polar surface area (TPSA) is 3.24 Å². The van der Waals surface area contributed by atoms with Crippen LogP contribution < -0.4 is 0 Å². The Balaban J connectivity index is 1.82. The van der Waals surface area contributed by atoms with Crippen molar-refractivity contribution in [3.05, 3.63) is 35.9 Å². The summed E-state index contributed by atoms with van der Waals surface area (Å²) < 4.78 is 0. The molecule has 1 aliphatic rings. The zero-order valence-corrected chi connectivity index (χ0v) is 10.7. The first-order chi connectivity index (χ1) is 7.75. The van der Waals surface area contributed by atoms with Crippen molar-refractivity contribution < 1.29 is 0 Å². The summed E-state index contributed by atoms with van der Waals surface area (Å²) in [6, 6.07) is 10.8. The molecule has 2 rings (SSSR count). The van der Waals surface area contributed by atoms with Gasteiger partial charge in [-0.1, -0.05) is 30.3 Å². The molecule has 1 atom stereocenters. The van der Waals surface area contributed by atoms with Crippen LogP contribution >= 0.6 is 11.6 Å². The second-order valence-corrected chi connectivity index (χ2v) is 5.37. The van der Waals surface area contributed by atoms with Crippen LogP contribution in [-0.2, 0) is 6.42 Å². The molecule has 0 spiro atoms. The number of likely N-dealkylation sites (tertiary alicyclic amines) is 1. The molecule has 0 N–H and O–H groups in total. The van der Waals surface area contributed by atoms with E-state index in [1.807, 2.05) is 0 Å². The number of halogens is 1. The Bertz CT molecular complexity index is 302. The molecule has 1 aliphatic heterocycles. The molecule has 1 saturated heterocycles. The monoisotopic (exact) mass is 237 g/mol. The van der Waals surface area contributed by atoms with Crippen molar-refractivity contribution in [1.29, 1.82) is 0 Å². The van der Waals surface area contributed by atoms with E-state index in [-0.39, 0.29) is 5.50 Å². The van der Waals surface area contributed by atoms with Gasteiger partial charge in [-0.2, -0.15) is 0 Å². The van der Waals surface area contributed by atoms with Crippen LogP contribution in [0.4, 0.5) is 0 Å². The second kappa shape index (κ2) is 5.70. The molecule has 0 bridgehead atoms. The van der Waals surface area contributed by atoms with Gasteiger partial charge in [0.05, 0.1) is 5.50 Å². The van der Waals surface area contributed by atoms with Gasteiger partial charge in [0, 0.05) is 0 Å². The molecule has 1 unspecified atom stereocenters. The maximum atomic E-state index is 6.09. The summed E-state index contributed by atoms with van der Waals surface area (Å²) >= 11 is 6.09. The molecule has 1 fully saturated rings. The highest BCUT2D eigenvalue weighted by Crippen LogP contribution is 2.23. The molecule has 2 heteroatoms. The quantitative estimate of drug-likeness (QED) is 0.574. The fourth-order valence-corrected chi connectivity index (χ4v) is 2.66. The maximum absolute atomic E-state index is 6.09. The average molecular weight is 238 g/mol. The fourth-order valence-electron chi connectivity index (χ4n) is 2.46. The molecule has 0 amide bonds. The highest BCUT2D eigenvalue weighted by Gasteiger charge is 2.21. The summed E-state index contributed by atoms with van der Waals surface area (Å²) in [6.07, 6.45) is 3.79. The van der Waals surface area contributed by atoms with Crippen molar-refractivity contribution in [2.24, 2.45) is 5.92 Å². The van der Waals surface area contributed by atoms with E-state index >= 15 is 0 Å². The molecule has 0 aliphatic carbocycles. The van der Waals surface area contributed by atoms with Gasteiger partial charge in [-0.05, 0) is 50.8 Å². The second-order valence-electron chi connectivity index (χ2n) is 4.74. The van der Waals surface area contributed by atoms with Crippen molar-refractivity contribution in [3.63, 3.8) is 0 Å². The molecule has 0 aromatic heterocycles. The Kier molecular flexibility index (Phi) is 4.25. The number of rotatable bonds is 3. The van der Waals surface area contributed by atoms with Crippen LogP contribution in [0.25, 0.3) is 0 Å². The third-order valence-corrected chi connectivity index (χ3v) is 3.80. The van der Waals surface area contributed by atoms with Crippen molar-refractivity contribution in [2.45, 2.75) is 31.7 Å². The molecule has 0 saturated carbocycles. The van der Waals surface area contributed by atoms with E-state index in [9.17, 15) is 0 Å². The van der Waals surface area contributed by atoms with E-state index in [1.54, 1.807) is 0 Å². The highest BCUT2D eigenvalue weighted by atomic mass is 35.5. The van der Waals surface area contributed by atoms with Gasteiger partial charge in [-0.25, -0.2) is 0 Å². The highest BCUT2D eigenvalue weighted by molar-refractivity contribution is 6.20. The lowest BCUT2D eigenvalue weighted by molar-refractivity contribution is 0.175. The van der Waals surface area contributed by atoms with E-state index < -0.39 is 0 Å². The van der Waals surface area contributed by atoms with Crippen LogP contribution in [0.1, 0.15) is 25.3 Å². The van der Waals surface area contributed by atoms with Gasteiger partial charge < -0.3 is 0 Å². The predicted molar refractivity (Wildman–Crippen MR) is 69.8 cm³/mol. The summed E-state index contributed by atoms with van der Waals surface area (Å²) in [4.78, 5) is 2.36. The fraction of sp³-hybridized carbons (Fsp3) is 0.571. The third-order valence-electron chi connectivity index (χ3n) is 3.52. The van der Waals surface area contributed by atoms with Crippen molar-refractivity contribution in [3.8, 4) is 0 Å². The van der Waals surface area contributed by atoms with Gasteiger partial charge in [-0.15, -0.1) is 11.6 Å². The lowest BCUT2D eigenvalue weighted by atomic mass is 9.90. The van der Waals surface area contributed by atoms with Crippen LogP contribution in [0.15, 0.2) is 30.3 Å². The van der Waals surface area contributed by atoms with Crippen molar-refractivity contribution in [2.75, 3.05) is 13.1 Å². The largest absolute Gasteiger partial charge is 0.288 e. The van der Waals surface area contributed by atoms with Crippen molar-refractivity contribution in [1.82, 2.24) is 4.90 Å². The van der Waals surface area contributed by atoms with Crippen LogP contribution in [0, 0.1) is 5.92 Å². The van der Waals surface area contributed by atoms with E-state index in [2.05, 4.69) is 42.2 Å². The van der Waals surface area contributed by atoms with Gasteiger partial charge in [0.25, 0.3) is 0 Å². The molecular weight excluding hydrogens is 218 g/mol. The molecule has 88 valence electrons. The molecule has 1 aromatic carbocycles.